The fourth-order valence-corrected chi connectivity index (χ4v) is 3.77. The molecule has 0 bridgehead atoms. The summed E-state index contributed by atoms with van der Waals surface area (Å²) in [5.41, 5.74) is 0. The Morgan fingerprint density at radius 1 is 1.33 bits per heavy atom. The number of nitrogens with zero attached hydrogens (tertiary/aromatic N) is 1. The van der Waals surface area contributed by atoms with Crippen LogP contribution in [0.1, 0.15) is 26.7 Å². The molecule has 1 fully saturated rings. The van der Waals surface area contributed by atoms with Crippen LogP contribution in [0.2, 0.25) is 0 Å². The SMILES string of the molecule is CC(C)COc1ccc(S(=O)(=O)N2CCCC(O)C2)cc1. The molecule has 1 aromatic carbocycles. The van der Waals surface area contributed by atoms with Crippen LogP contribution >= 0.6 is 0 Å². The molecule has 0 spiro atoms. The third kappa shape index (κ3) is 4.18. The first kappa shape index (κ1) is 16.3. The summed E-state index contributed by atoms with van der Waals surface area (Å²) in [6.45, 7) is 5.35. The fraction of sp³-hybridized carbons (Fsp3) is 0.600. The predicted octanol–water partition coefficient (Wildman–Crippen LogP) is 1.87. The standard InChI is InChI=1S/C15H23NO4S/c1-12(2)11-20-14-5-7-15(8-6-14)21(18,19)16-9-3-4-13(17)10-16/h5-8,12-13,17H,3-4,9-11H2,1-2H3. The van der Waals surface area contributed by atoms with E-state index in [4.69, 9.17) is 4.74 Å². The fourth-order valence-electron chi connectivity index (χ4n) is 2.26. The molecule has 1 atom stereocenters. The topological polar surface area (TPSA) is 66.8 Å². The van der Waals surface area contributed by atoms with Gasteiger partial charge in [0, 0.05) is 13.1 Å². The average molecular weight is 313 g/mol. The van der Waals surface area contributed by atoms with E-state index < -0.39 is 16.1 Å². The molecule has 0 aliphatic carbocycles. The molecule has 0 radical (unpaired) electrons. The van der Waals surface area contributed by atoms with Crippen LogP contribution in [0, 0.1) is 5.92 Å². The summed E-state index contributed by atoms with van der Waals surface area (Å²) < 4.78 is 31.9. The van der Waals surface area contributed by atoms with Crippen LogP contribution in [0.25, 0.3) is 0 Å². The van der Waals surface area contributed by atoms with Gasteiger partial charge in [-0.2, -0.15) is 4.31 Å². The first-order valence-electron chi connectivity index (χ1n) is 7.30. The molecule has 5 nitrogen and oxygen atoms in total. The van der Waals surface area contributed by atoms with Crippen molar-refractivity contribution in [2.45, 2.75) is 37.7 Å². The van der Waals surface area contributed by atoms with Crippen LogP contribution in [0.5, 0.6) is 5.75 Å². The number of rotatable bonds is 5. The van der Waals surface area contributed by atoms with Crippen molar-refractivity contribution in [3.05, 3.63) is 24.3 Å². The lowest BCUT2D eigenvalue weighted by atomic mass is 10.1. The van der Waals surface area contributed by atoms with Crippen molar-refractivity contribution in [3.8, 4) is 5.75 Å². The van der Waals surface area contributed by atoms with Gasteiger partial charge in [-0.1, -0.05) is 13.8 Å². The minimum Gasteiger partial charge on any atom is -0.493 e. The normalized spacial score (nSPS) is 20.7. The first-order valence-corrected chi connectivity index (χ1v) is 8.74. The quantitative estimate of drug-likeness (QED) is 0.901. The van der Waals surface area contributed by atoms with Crippen LogP contribution in [0.15, 0.2) is 29.2 Å². The maximum Gasteiger partial charge on any atom is 0.243 e. The molecule has 1 unspecified atom stereocenters. The van der Waals surface area contributed by atoms with Crippen LogP contribution in [0.4, 0.5) is 0 Å². The van der Waals surface area contributed by atoms with Gasteiger partial charge in [0.25, 0.3) is 0 Å². The van der Waals surface area contributed by atoms with Crippen molar-refractivity contribution in [3.63, 3.8) is 0 Å². The van der Waals surface area contributed by atoms with E-state index >= 15 is 0 Å². The monoisotopic (exact) mass is 313 g/mol. The second-order valence-electron chi connectivity index (χ2n) is 5.84. The van der Waals surface area contributed by atoms with Crippen molar-refractivity contribution in [2.24, 2.45) is 5.92 Å². The number of ether oxygens (including phenoxy) is 1. The number of aliphatic hydroxyl groups excluding tert-OH is 1. The first-order chi connectivity index (χ1) is 9.89. The van der Waals surface area contributed by atoms with Gasteiger partial charge >= 0.3 is 0 Å². The zero-order chi connectivity index (χ0) is 15.5. The highest BCUT2D eigenvalue weighted by molar-refractivity contribution is 7.89. The Labute approximate surface area is 126 Å². The predicted molar refractivity (Wildman–Crippen MR) is 80.8 cm³/mol. The van der Waals surface area contributed by atoms with Gasteiger partial charge in [0.05, 0.1) is 17.6 Å². The highest BCUT2D eigenvalue weighted by Crippen LogP contribution is 2.23. The zero-order valence-electron chi connectivity index (χ0n) is 12.5. The number of aliphatic hydroxyl groups is 1. The average Bonchev–Trinajstić information content (AvgIpc) is 2.45. The molecule has 1 saturated heterocycles. The molecule has 118 valence electrons. The maximum absolute atomic E-state index is 12.5. The molecule has 1 aromatic rings. The molecule has 0 amide bonds. The smallest absolute Gasteiger partial charge is 0.243 e. The molecule has 0 saturated carbocycles. The Morgan fingerprint density at radius 3 is 2.57 bits per heavy atom. The summed E-state index contributed by atoms with van der Waals surface area (Å²) in [4.78, 5) is 0.244. The van der Waals surface area contributed by atoms with E-state index in [9.17, 15) is 13.5 Å². The molecule has 1 aliphatic rings. The molecule has 21 heavy (non-hydrogen) atoms. The van der Waals surface area contributed by atoms with E-state index in [1.54, 1.807) is 24.3 Å². The van der Waals surface area contributed by atoms with E-state index in [0.717, 1.165) is 0 Å². The van der Waals surface area contributed by atoms with Crippen LogP contribution in [-0.2, 0) is 10.0 Å². The lowest BCUT2D eigenvalue weighted by molar-refractivity contribution is 0.108. The summed E-state index contributed by atoms with van der Waals surface area (Å²) in [5, 5.41) is 9.63. The minimum absolute atomic E-state index is 0.175. The number of benzene rings is 1. The lowest BCUT2D eigenvalue weighted by Gasteiger charge is -2.29. The number of hydrogen-bond donors (Lipinski definition) is 1. The van der Waals surface area contributed by atoms with Crippen LogP contribution < -0.4 is 4.74 Å². The Hall–Kier alpha value is -1.11. The third-order valence-electron chi connectivity index (χ3n) is 3.40. The van der Waals surface area contributed by atoms with Crippen molar-refractivity contribution in [2.75, 3.05) is 19.7 Å². The molecule has 1 aliphatic heterocycles. The van der Waals surface area contributed by atoms with E-state index in [2.05, 4.69) is 13.8 Å². The molecule has 1 heterocycles. The number of hydrogen-bond acceptors (Lipinski definition) is 4. The van der Waals surface area contributed by atoms with Crippen molar-refractivity contribution in [1.82, 2.24) is 4.31 Å². The van der Waals surface area contributed by atoms with Gasteiger partial charge in [-0.05, 0) is 43.0 Å². The zero-order valence-corrected chi connectivity index (χ0v) is 13.3. The summed E-state index contributed by atoms with van der Waals surface area (Å²) >= 11 is 0. The van der Waals surface area contributed by atoms with E-state index in [-0.39, 0.29) is 11.4 Å². The summed E-state index contributed by atoms with van der Waals surface area (Å²) in [6, 6.07) is 6.48. The lowest BCUT2D eigenvalue weighted by Crippen LogP contribution is -2.42. The van der Waals surface area contributed by atoms with Crippen molar-refractivity contribution < 1.29 is 18.3 Å². The van der Waals surface area contributed by atoms with Gasteiger partial charge in [-0.15, -0.1) is 0 Å². The Balaban J connectivity index is 2.09. The summed E-state index contributed by atoms with van der Waals surface area (Å²) in [7, 11) is -3.53. The van der Waals surface area contributed by atoms with Gasteiger partial charge in [0.2, 0.25) is 10.0 Å². The van der Waals surface area contributed by atoms with Gasteiger partial charge in [-0.3, -0.25) is 0 Å². The molecule has 6 heteroatoms. The largest absolute Gasteiger partial charge is 0.493 e. The van der Waals surface area contributed by atoms with Crippen molar-refractivity contribution >= 4 is 10.0 Å². The van der Waals surface area contributed by atoms with E-state index in [1.807, 2.05) is 0 Å². The Kier molecular flexibility index (Phi) is 5.24. The van der Waals surface area contributed by atoms with Crippen LogP contribution in [-0.4, -0.2) is 43.6 Å². The molecular formula is C15H23NO4S. The van der Waals surface area contributed by atoms with Gasteiger partial charge in [0.15, 0.2) is 0 Å². The molecule has 0 aromatic heterocycles. The minimum atomic E-state index is -3.53. The molecular weight excluding hydrogens is 290 g/mol. The highest BCUT2D eigenvalue weighted by Gasteiger charge is 2.29. The number of β-amino-alcohol motifs (C(OH)–C–C–N with tert-alkyl or cyclic N) is 1. The second-order valence-corrected chi connectivity index (χ2v) is 7.77. The van der Waals surface area contributed by atoms with E-state index in [0.29, 0.717) is 37.7 Å². The maximum atomic E-state index is 12.5. The Bertz CT molecular complexity index is 554. The van der Waals surface area contributed by atoms with E-state index in [1.165, 1.54) is 4.31 Å². The van der Waals surface area contributed by atoms with Gasteiger partial charge < -0.3 is 9.84 Å². The highest BCUT2D eigenvalue weighted by atomic mass is 32.2. The third-order valence-corrected chi connectivity index (χ3v) is 5.28. The molecule has 2 rings (SSSR count). The second kappa shape index (κ2) is 6.77. The van der Waals surface area contributed by atoms with Gasteiger partial charge in [0.1, 0.15) is 5.75 Å². The van der Waals surface area contributed by atoms with Crippen LogP contribution in [0.3, 0.4) is 0 Å². The van der Waals surface area contributed by atoms with Crippen molar-refractivity contribution in [1.29, 1.82) is 0 Å². The summed E-state index contributed by atoms with van der Waals surface area (Å²) in [5.74, 6) is 1.09. The molecule has 1 N–H and O–H groups in total. The summed E-state index contributed by atoms with van der Waals surface area (Å²) in [6.07, 6.45) is 0.784. The number of sulfonamides is 1. The number of piperidine rings is 1. The van der Waals surface area contributed by atoms with Gasteiger partial charge in [-0.25, -0.2) is 8.42 Å². The Morgan fingerprint density at radius 2 is 2.00 bits per heavy atom.